The number of hydrogen-bond acceptors (Lipinski definition) is 3. The molecule has 0 aromatic carbocycles. The van der Waals surface area contributed by atoms with Crippen molar-refractivity contribution in [2.45, 2.75) is 51.2 Å². The van der Waals surface area contributed by atoms with Gasteiger partial charge in [-0.15, -0.1) is 0 Å². The lowest BCUT2D eigenvalue weighted by Crippen LogP contribution is -2.42. The number of cyclic esters (lactones) is 1. The summed E-state index contributed by atoms with van der Waals surface area (Å²) in [5, 5.41) is 3.40. The third-order valence-corrected chi connectivity index (χ3v) is 5.40. The average molecular weight is 237 g/mol. The van der Waals surface area contributed by atoms with E-state index < -0.39 is 0 Å². The second-order valence-electron chi connectivity index (χ2n) is 6.20. The molecule has 1 saturated heterocycles. The maximum Gasteiger partial charge on any atom is 0.309 e. The largest absolute Gasteiger partial charge is 0.462 e. The van der Waals surface area contributed by atoms with Gasteiger partial charge in [-0.25, -0.2) is 0 Å². The molecule has 6 atom stereocenters. The Morgan fingerprint density at radius 3 is 2.76 bits per heavy atom. The molecule has 0 amide bonds. The van der Waals surface area contributed by atoms with Crippen molar-refractivity contribution in [3.05, 3.63) is 0 Å². The second-order valence-corrected chi connectivity index (χ2v) is 6.20. The number of ether oxygens (including phenoxy) is 1. The molecule has 2 aliphatic carbocycles. The summed E-state index contributed by atoms with van der Waals surface area (Å²) in [4.78, 5) is 11.8. The first kappa shape index (κ1) is 11.5. The van der Waals surface area contributed by atoms with E-state index in [4.69, 9.17) is 4.74 Å². The van der Waals surface area contributed by atoms with Crippen LogP contribution in [0.2, 0.25) is 0 Å². The Morgan fingerprint density at radius 1 is 1.18 bits per heavy atom. The Morgan fingerprint density at radius 2 is 2.00 bits per heavy atom. The molecule has 3 nitrogen and oxygen atoms in total. The summed E-state index contributed by atoms with van der Waals surface area (Å²) in [5.74, 6) is 2.39. The number of carbonyl (C=O) groups excluding carboxylic acids is 1. The summed E-state index contributed by atoms with van der Waals surface area (Å²) in [6.45, 7) is 2.07. The maximum absolute atomic E-state index is 11.8. The molecule has 1 aliphatic heterocycles. The molecule has 1 heterocycles. The van der Waals surface area contributed by atoms with Crippen molar-refractivity contribution in [1.82, 2.24) is 5.32 Å². The van der Waals surface area contributed by atoms with Crippen molar-refractivity contribution in [2.75, 3.05) is 7.05 Å². The Hall–Kier alpha value is -0.570. The fourth-order valence-electron chi connectivity index (χ4n) is 4.35. The first-order valence-corrected chi connectivity index (χ1v) is 7.06. The lowest BCUT2D eigenvalue weighted by atomic mass is 9.62. The van der Waals surface area contributed by atoms with Gasteiger partial charge in [-0.2, -0.15) is 0 Å². The molecule has 3 heteroatoms. The molecule has 0 radical (unpaired) electrons. The van der Waals surface area contributed by atoms with Crippen molar-refractivity contribution >= 4 is 5.97 Å². The van der Waals surface area contributed by atoms with Crippen LogP contribution < -0.4 is 5.32 Å². The molecule has 17 heavy (non-hydrogen) atoms. The molecule has 3 fully saturated rings. The highest BCUT2D eigenvalue weighted by Gasteiger charge is 2.49. The molecule has 0 aromatic rings. The van der Waals surface area contributed by atoms with E-state index in [9.17, 15) is 4.79 Å². The molecule has 1 unspecified atom stereocenters. The topological polar surface area (TPSA) is 38.3 Å². The number of nitrogens with one attached hydrogen (secondary N) is 1. The van der Waals surface area contributed by atoms with Gasteiger partial charge >= 0.3 is 5.97 Å². The van der Waals surface area contributed by atoms with Gasteiger partial charge < -0.3 is 10.1 Å². The van der Waals surface area contributed by atoms with Gasteiger partial charge in [-0.3, -0.25) is 4.79 Å². The van der Waals surface area contributed by atoms with Crippen LogP contribution in [0.3, 0.4) is 0 Å². The smallest absolute Gasteiger partial charge is 0.309 e. The van der Waals surface area contributed by atoms with Crippen LogP contribution >= 0.6 is 0 Å². The van der Waals surface area contributed by atoms with E-state index in [0.717, 1.165) is 18.3 Å². The van der Waals surface area contributed by atoms with Crippen LogP contribution in [-0.4, -0.2) is 25.2 Å². The van der Waals surface area contributed by atoms with Crippen LogP contribution in [-0.2, 0) is 9.53 Å². The number of esters is 1. The molecule has 2 saturated carbocycles. The van der Waals surface area contributed by atoms with Gasteiger partial charge in [-0.1, -0.05) is 0 Å². The van der Waals surface area contributed by atoms with Gasteiger partial charge in [0, 0.05) is 12.0 Å². The summed E-state index contributed by atoms with van der Waals surface area (Å²) < 4.78 is 5.41. The SMILES string of the molecule is CN[C@H]1CCC2C[C@@H]3[C@@H](C)OC(=O)[C@@H]3C[C@@H]2C1. The standard InChI is InChI=1S/C14H23NO2/c1-8-12-6-9-3-4-11(15-2)5-10(9)7-13(12)14(16)17-8/h8-13,15H,3-7H2,1-2H3/t8-,9?,10+,11+,12-,13-/m1/s1. The van der Waals surface area contributed by atoms with Gasteiger partial charge in [0.25, 0.3) is 0 Å². The highest BCUT2D eigenvalue weighted by atomic mass is 16.6. The quantitative estimate of drug-likeness (QED) is 0.709. The Bertz CT molecular complexity index is 317. The number of carbonyl (C=O) groups is 1. The monoisotopic (exact) mass is 237 g/mol. The van der Waals surface area contributed by atoms with E-state index in [1.54, 1.807) is 0 Å². The molecule has 0 bridgehead atoms. The van der Waals surface area contributed by atoms with Crippen LogP contribution in [0.5, 0.6) is 0 Å². The molecular formula is C14H23NO2. The third kappa shape index (κ3) is 1.88. The fraction of sp³-hybridized carbons (Fsp3) is 0.929. The van der Waals surface area contributed by atoms with Crippen molar-refractivity contribution in [3.8, 4) is 0 Å². The molecule has 1 N–H and O–H groups in total. The first-order chi connectivity index (χ1) is 8.19. The predicted octanol–water partition coefficient (Wildman–Crippen LogP) is 1.96. The minimum atomic E-state index is 0.0764. The first-order valence-electron chi connectivity index (χ1n) is 7.06. The molecule has 96 valence electrons. The zero-order valence-corrected chi connectivity index (χ0v) is 10.8. The minimum Gasteiger partial charge on any atom is -0.462 e. The second kappa shape index (κ2) is 4.27. The molecule has 0 spiro atoms. The van der Waals surface area contributed by atoms with Crippen LogP contribution in [0, 0.1) is 23.7 Å². The summed E-state index contributed by atoms with van der Waals surface area (Å²) in [6, 6.07) is 0.669. The number of hydrogen-bond donors (Lipinski definition) is 1. The van der Waals surface area contributed by atoms with E-state index in [2.05, 4.69) is 19.3 Å². The lowest BCUT2D eigenvalue weighted by Gasteiger charge is -2.43. The highest BCUT2D eigenvalue weighted by molar-refractivity contribution is 5.75. The van der Waals surface area contributed by atoms with Gasteiger partial charge in [-0.05, 0) is 57.9 Å². The average Bonchev–Trinajstić information content (AvgIpc) is 2.62. The Balaban J connectivity index is 1.72. The zero-order chi connectivity index (χ0) is 12.0. The van der Waals surface area contributed by atoms with Crippen LogP contribution in [0.4, 0.5) is 0 Å². The van der Waals surface area contributed by atoms with E-state index >= 15 is 0 Å². The van der Waals surface area contributed by atoms with Crippen molar-refractivity contribution in [2.24, 2.45) is 23.7 Å². The van der Waals surface area contributed by atoms with E-state index in [1.807, 2.05) is 0 Å². The van der Waals surface area contributed by atoms with Crippen LogP contribution in [0.15, 0.2) is 0 Å². The van der Waals surface area contributed by atoms with Crippen LogP contribution in [0.25, 0.3) is 0 Å². The van der Waals surface area contributed by atoms with Crippen molar-refractivity contribution < 1.29 is 9.53 Å². The third-order valence-electron chi connectivity index (χ3n) is 5.40. The molecule has 0 aromatic heterocycles. The fourth-order valence-corrected chi connectivity index (χ4v) is 4.35. The Kier molecular flexibility index (Phi) is 2.89. The van der Waals surface area contributed by atoms with E-state index in [0.29, 0.717) is 12.0 Å². The highest BCUT2D eigenvalue weighted by Crippen LogP contribution is 2.49. The minimum absolute atomic E-state index is 0.0764. The predicted molar refractivity (Wildman–Crippen MR) is 65.4 cm³/mol. The molecule has 3 aliphatic rings. The lowest BCUT2D eigenvalue weighted by molar-refractivity contribution is -0.144. The Labute approximate surface area is 103 Å². The van der Waals surface area contributed by atoms with Crippen LogP contribution in [0.1, 0.15) is 39.0 Å². The summed E-state index contributed by atoms with van der Waals surface area (Å²) >= 11 is 0. The molecule has 3 rings (SSSR count). The zero-order valence-electron chi connectivity index (χ0n) is 10.8. The maximum atomic E-state index is 11.8. The number of rotatable bonds is 1. The number of fused-ring (bicyclic) bond motifs is 2. The van der Waals surface area contributed by atoms with Gasteiger partial charge in [0.15, 0.2) is 0 Å². The molecular weight excluding hydrogens is 214 g/mol. The summed E-state index contributed by atoms with van der Waals surface area (Å²) in [5.41, 5.74) is 0. The summed E-state index contributed by atoms with van der Waals surface area (Å²) in [6.07, 6.45) is 6.36. The van der Waals surface area contributed by atoms with Crippen molar-refractivity contribution in [1.29, 1.82) is 0 Å². The van der Waals surface area contributed by atoms with Gasteiger partial charge in [0.2, 0.25) is 0 Å². The van der Waals surface area contributed by atoms with E-state index in [-0.39, 0.29) is 18.0 Å². The van der Waals surface area contributed by atoms with Gasteiger partial charge in [0.05, 0.1) is 5.92 Å². The normalized spacial score (nSPS) is 49.4. The summed E-state index contributed by atoms with van der Waals surface area (Å²) in [7, 11) is 2.06. The van der Waals surface area contributed by atoms with E-state index in [1.165, 1.54) is 25.7 Å². The van der Waals surface area contributed by atoms with Crippen molar-refractivity contribution in [3.63, 3.8) is 0 Å². The van der Waals surface area contributed by atoms with Gasteiger partial charge in [0.1, 0.15) is 6.10 Å².